The maximum Gasteiger partial charge on any atom is 0.0471 e. The second-order valence-electron chi connectivity index (χ2n) is 6.72. The van der Waals surface area contributed by atoms with E-state index in [0.717, 1.165) is 25.0 Å². The quantitative estimate of drug-likeness (QED) is 0.675. The molecule has 0 saturated carbocycles. The Morgan fingerprint density at radius 3 is 2.56 bits per heavy atom. The minimum absolute atomic E-state index is 0. The van der Waals surface area contributed by atoms with Crippen molar-refractivity contribution < 1.29 is 25.2 Å². The van der Waals surface area contributed by atoms with Crippen molar-refractivity contribution in [1.82, 2.24) is 0 Å². The molecule has 2 heterocycles. The van der Waals surface area contributed by atoms with Crippen molar-refractivity contribution in [2.45, 2.75) is 59.1 Å². The molecule has 4 atom stereocenters. The largest absolute Gasteiger partial charge is 0.657 e. The van der Waals surface area contributed by atoms with E-state index in [1.807, 2.05) is 0 Å². The number of fused-ring (bicyclic) bond motifs is 1. The molecule has 0 amide bonds. The zero-order valence-corrected chi connectivity index (χ0v) is 14.9. The predicted molar refractivity (Wildman–Crippen MR) is 72.3 cm³/mol. The molecule has 2 rings (SSSR count). The van der Waals surface area contributed by atoms with E-state index in [4.69, 9.17) is 10.1 Å². The predicted octanol–water partition coefficient (Wildman–Crippen LogP) is 3.85. The van der Waals surface area contributed by atoms with Crippen LogP contribution in [0.5, 0.6) is 0 Å². The molecule has 0 aromatic rings. The molecule has 2 aliphatic rings. The molecule has 2 aliphatic heterocycles. The molecule has 0 spiro atoms. The van der Waals surface area contributed by atoms with Crippen LogP contribution in [0.15, 0.2) is 0 Å². The Balaban J connectivity index is 0.00000162. The Labute approximate surface area is 126 Å². The summed E-state index contributed by atoms with van der Waals surface area (Å²) in [6.45, 7) is 11.2. The van der Waals surface area contributed by atoms with E-state index in [9.17, 15) is 0 Å². The van der Waals surface area contributed by atoms with Crippen molar-refractivity contribution in [2.24, 2.45) is 23.7 Å². The van der Waals surface area contributed by atoms with E-state index < -0.39 is 0 Å². The summed E-state index contributed by atoms with van der Waals surface area (Å²) in [6, 6.07) is 0.456. The number of hydrogen-bond acceptors (Lipinski definition) is 1. The summed E-state index contributed by atoms with van der Waals surface area (Å²) in [5.41, 5.74) is 0. The van der Waals surface area contributed by atoms with Gasteiger partial charge in [-0.15, -0.1) is 12.6 Å². The smallest absolute Gasteiger partial charge is 0.0471 e. The van der Waals surface area contributed by atoms with Crippen LogP contribution in [0.1, 0.15) is 47.0 Å². The van der Waals surface area contributed by atoms with Crippen LogP contribution in [-0.4, -0.2) is 25.3 Å². The van der Waals surface area contributed by atoms with Gasteiger partial charge in [-0.25, -0.2) is 0 Å². The fourth-order valence-corrected chi connectivity index (χ4v) is 3.57. The first-order chi connectivity index (χ1) is 8.08. The van der Waals surface area contributed by atoms with Gasteiger partial charge in [0.05, 0.1) is 0 Å². The second kappa shape index (κ2) is 7.39. The van der Waals surface area contributed by atoms with Crippen LogP contribution in [0.25, 0.3) is 5.32 Å². The van der Waals surface area contributed by atoms with Gasteiger partial charge in [-0.2, -0.15) is 0 Å². The molecular weight excluding hydrogens is 396 g/mol. The third-order valence-electron chi connectivity index (χ3n) is 4.31. The summed E-state index contributed by atoms with van der Waals surface area (Å²) in [5.74, 6) is 3.02. The third-order valence-corrected chi connectivity index (χ3v) is 4.31. The summed E-state index contributed by atoms with van der Waals surface area (Å²) in [5, 5.41) is 4.81. The van der Waals surface area contributed by atoms with Crippen LogP contribution in [0.2, 0.25) is 0 Å². The molecule has 0 aliphatic carbocycles. The van der Waals surface area contributed by atoms with E-state index in [2.05, 4.69) is 27.7 Å². The molecule has 1 radical (unpaired) electrons. The second-order valence-corrected chi connectivity index (χ2v) is 6.72. The molecule has 0 aromatic carbocycles. The number of ether oxygens (including phenoxy) is 1. The molecule has 2 saturated heterocycles. The van der Waals surface area contributed by atoms with Gasteiger partial charge in [0, 0.05) is 33.1 Å². The van der Waals surface area contributed by atoms with Gasteiger partial charge >= 0.3 is 0 Å². The first-order valence-corrected chi connectivity index (χ1v) is 7.36. The summed E-state index contributed by atoms with van der Waals surface area (Å²) < 4.78 is 6.12. The fourth-order valence-electron chi connectivity index (χ4n) is 3.57. The average Bonchev–Trinajstić information content (AvgIpc) is 2.51. The van der Waals surface area contributed by atoms with Gasteiger partial charge in [0.2, 0.25) is 0 Å². The van der Waals surface area contributed by atoms with Crippen LogP contribution < -0.4 is 0 Å². The first-order valence-electron chi connectivity index (χ1n) is 7.36. The van der Waals surface area contributed by atoms with Gasteiger partial charge in [-0.1, -0.05) is 33.6 Å². The molecule has 2 fully saturated rings. The first kappa shape index (κ1) is 16.6. The summed E-state index contributed by atoms with van der Waals surface area (Å²) in [6.07, 6.45) is 4.39. The van der Waals surface area contributed by atoms with E-state index in [1.54, 1.807) is 0 Å². The van der Waals surface area contributed by atoms with Crippen molar-refractivity contribution in [2.75, 3.05) is 13.2 Å². The molecule has 3 heteroatoms. The van der Waals surface area contributed by atoms with E-state index in [0.29, 0.717) is 24.0 Å². The van der Waals surface area contributed by atoms with Crippen LogP contribution in [0.3, 0.4) is 0 Å². The van der Waals surface area contributed by atoms with Crippen molar-refractivity contribution >= 4 is 0 Å². The minimum atomic E-state index is 0. The molecule has 0 aromatic heterocycles. The molecular formula is C15H28NORe-. The summed E-state index contributed by atoms with van der Waals surface area (Å²) in [4.78, 5) is 0. The van der Waals surface area contributed by atoms with Crippen LogP contribution in [0.4, 0.5) is 0 Å². The maximum atomic E-state index is 6.12. The van der Waals surface area contributed by atoms with Gasteiger partial charge in [-0.05, 0) is 37.0 Å². The molecule has 0 N–H and O–H groups in total. The van der Waals surface area contributed by atoms with E-state index >= 15 is 0 Å². The summed E-state index contributed by atoms with van der Waals surface area (Å²) in [7, 11) is 0. The van der Waals surface area contributed by atoms with Gasteiger partial charge < -0.3 is 10.1 Å². The Morgan fingerprint density at radius 2 is 1.94 bits per heavy atom. The van der Waals surface area contributed by atoms with Gasteiger partial charge in [0.15, 0.2) is 0 Å². The van der Waals surface area contributed by atoms with Gasteiger partial charge in [0.25, 0.3) is 0 Å². The fraction of sp³-hybridized carbons (Fsp3) is 1.00. The molecule has 18 heavy (non-hydrogen) atoms. The number of hydrogen-bond donors (Lipinski definition) is 0. The average molecular weight is 425 g/mol. The molecule has 107 valence electrons. The zero-order chi connectivity index (χ0) is 12.4. The Kier molecular flexibility index (Phi) is 6.83. The summed E-state index contributed by atoms with van der Waals surface area (Å²) >= 11 is 0. The van der Waals surface area contributed by atoms with Crippen molar-refractivity contribution in [3.8, 4) is 0 Å². The standard InChI is InChI=1S/C15H28NO.Re/c1-10(2)7-12-5-6-17-15-13(8-12)9-16-14(15)11(3)4;/h10-15H,5-9H2,1-4H3;/q-1;. The van der Waals surface area contributed by atoms with Crippen molar-refractivity contribution in [3.05, 3.63) is 5.32 Å². The maximum absolute atomic E-state index is 6.12. The van der Waals surface area contributed by atoms with Crippen LogP contribution >= 0.6 is 0 Å². The molecule has 2 nitrogen and oxygen atoms in total. The molecule has 4 unspecified atom stereocenters. The Bertz CT molecular complexity index is 245. The van der Waals surface area contributed by atoms with E-state index in [1.165, 1.54) is 19.3 Å². The van der Waals surface area contributed by atoms with E-state index in [-0.39, 0.29) is 20.4 Å². The van der Waals surface area contributed by atoms with Crippen LogP contribution in [-0.2, 0) is 25.2 Å². The zero-order valence-electron chi connectivity index (χ0n) is 12.2. The van der Waals surface area contributed by atoms with Crippen molar-refractivity contribution in [1.29, 1.82) is 0 Å². The number of nitrogens with zero attached hydrogens (tertiary/aromatic N) is 1. The Morgan fingerprint density at radius 1 is 1.22 bits per heavy atom. The number of rotatable bonds is 3. The van der Waals surface area contributed by atoms with Gasteiger partial charge in [0.1, 0.15) is 0 Å². The molecule has 0 bridgehead atoms. The topological polar surface area (TPSA) is 23.3 Å². The Hall–Kier alpha value is 0.582. The minimum Gasteiger partial charge on any atom is -0.657 e. The van der Waals surface area contributed by atoms with Gasteiger partial charge in [-0.3, -0.25) is 0 Å². The van der Waals surface area contributed by atoms with Crippen molar-refractivity contribution in [3.63, 3.8) is 0 Å². The SMILES string of the molecule is CC(C)CC1CCOC2C(C[N-]C2C(C)C)C1.[Re]. The normalized spacial score (nSPS) is 36.3. The van der Waals surface area contributed by atoms with Crippen LogP contribution in [0, 0.1) is 23.7 Å². The monoisotopic (exact) mass is 425 g/mol. The third kappa shape index (κ3) is 4.04.